The number of hydrogen-bond acceptors (Lipinski definition) is 4. The number of ether oxygens (including phenoxy) is 1. The first-order chi connectivity index (χ1) is 9.61. The fourth-order valence-electron chi connectivity index (χ4n) is 2.37. The molecule has 0 aromatic heterocycles. The van der Waals surface area contributed by atoms with Crippen molar-refractivity contribution in [2.24, 2.45) is 0 Å². The van der Waals surface area contributed by atoms with E-state index in [1.54, 1.807) is 4.90 Å². The molecule has 1 fully saturated rings. The first-order valence-electron chi connectivity index (χ1n) is 7.03. The highest BCUT2D eigenvalue weighted by molar-refractivity contribution is 5.89. The van der Waals surface area contributed by atoms with E-state index in [0.29, 0.717) is 13.2 Å². The lowest BCUT2D eigenvalue weighted by atomic mass is 10.1. The molecule has 5 nitrogen and oxygen atoms in total. The number of nitrogens with zero attached hydrogens (tertiary/aromatic N) is 1. The summed E-state index contributed by atoms with van der Waals surface area (Å²) in [5, 5.41) is 12.3. The Balaban J connectivity index is 1.98. The van der Waals surface area contributed by atoms with Gasteiger partial charge in [0.25, 0.3) is 0 Å². The molecule has 2 rings (SSSR count). The molecule has 2 N–H and O–H groups in total. The molecule has 1 aromatic carbocycles. The van der Waals surface area contributed by atoms with Crippen LogP contribution in [0.5, 0.6) is 0 Å². The van der Waals surface area contributed by atoms with E-state index >= 15 is 0 Å². The third kappa shape index (κ3) is 3.49. The molecule has 1 aromatic rings. The Hall–Kier alpha value is -1.59. The van der Waals surface area contributed by atoms with E-state index < -0.39 is 0 Å². The smallest absolute Gasteiger partial charge is 0.414 e. The first kappa shape index (κ1) is 14.8. The van der Waals surface area contributed by atoms with Gasteiger partial charge in [-0.3, -0.25) is 4.90 Å². The molecular weight excluding hydrogens is 256 g/mol. The monoisotopic (exact) mass is 278 g/mol. The second-order valence-corrected chi connectivity index (χ2v) is 5.16. The minimum absolute atomic E-state index is 0.191. The average Bonchev–Trinajstić information content (AvgIpc) is 2.85. The van der Waals surface area contributed by atoms with E-state index in [2.05, 4.69) is 19.2 Å². The van der Waals surface area contributed by atoms with Crippen molar-refractivity contribution in [1.82, 2.24) is 5.32 Å². The Kier molecular flexibility index (Phi) is 4.98. The topological polar surface area (TPSA) is 61.8 Å². The molecule has 1 heterocycles. The molecular formula is C15H22N2O3. The number of anilines is 1. The van der Waals surface area contributed by atoms with E-state index in [1.165, 1.54) is 0 Å². The van der Waals surface area contributed by atoms with Crippen molar-refractivity contribution in [2.75, 3.05) is 24.7 Å². The van der Waals surface area contributed by atoms with E-state index in [1.807, 2.05) is 24.3 Å². The van der Waals surface area contributed by atoms with Crippen LogP contribution in [0, 0.1) is 0 Å². The van der Waals surface area contributed by atoms with E-state index in [0.717, 1.165) is 17.7 Å². The van der Waals surface area contributed by atoms with Gasteiger partial charge in [-0.2, -0.15) is 0 Å². The summed E-state index contributed by atoms with van der Waals surface area (Å²) in [6, 6.07) is 8.39. The van der Waals surface area contributed by atoms with Crippen LogP contribution in [0.3, 0.4) is 0 Å². The molecule has 0 radical (unpaired) electrons. The maximum absolute atomic E-state index is 11.5. The number of aliphatic hydroxyl groups is 1. The predicted octanol–water partition coefficient (Wildman–Crippen LogP) is 2.06. The number of aliphatic hydroxyl groups excluding tert-OH is 1. The van der Waals surface area contributed by atoms with Gasteiger partial charge >= 0.3 is 6.09 Å². The van der Waals surface area contributed by atoms with Gasteiger partial charge < -0.3 is 15.2 Å². The zero-order chi connectivity index (χ0) is 14.5. The number of amides is 1. The van der Waals surface area contributed by atoms with Gasteiger partial charge in [-0.25, -0.2) is 4.79 Å². The van der Waals surface area contributed by atoms with Crippen molar-refractivity contribution in [2.45, 2.75) is 32.4 Å². The molecule has 2 unspecified atom stereocenters. The summed E-state index contributed by atoms with van der Waals surface area (Å²) in [6.07, 6.45) is 0.461. The van der Waals surface area contributed by atoms with Crippen molar-refractivity contribution in [3.63, 3.8) is 0 Å². The Morgan fingerprint density at radius 2 is 2.05 bits per heavy atom. The minimum Gasteiger partial charge on any atom is -0.447 e. The SMILES string of the molecule is CC(CCO)NC(C)c1ccc(N2CCOC2=O)cc1. The number of benzene rings is 1. The maximum Gasteiger partial charge on any atom is 0.414 e. The van der Waals surface area contributed by atoms with Crippen LogP contribution in [-0.2, 0) is 4.74 Å². The van der Waals surface area contributed by atoms with Gasteiger partial charge in [0.05, 0.1) is 6.54 Å². The Bertz CT molecular complexity index is 447. The third-order valence-corrected chi connectivity index (χ3v) is 3.56. The second-order valence-electron chi connectivity index (χ2n) is 5.16. The molecule has 1 saturated heterocycles. The Morgan fingerprint density at radius 3 is 2.60 bits per heavy atom. The molecule has 2 atom stereocenters. The normalized spacial score (nSPS) is 17.9. The van der Waals surface area contributed by atoms with Crippen LogP contribution < -0.4 is 10.2 Å². The van der Waals surface area contributed by atoms with E-state index in [4.69, 9.17) is 9.84 Å². The molecule has 1 aliphatic rings. The highest BCUT2D eigenvalue weighted by atomic mass is 16.6. The van der Waals surface area contributed by atoms with Crippen molar-refractivity contribution in [3.8, 4) is 0 Å². The molecule has 1 amide bonds. The van der Waals surface area contributed by atoms with Crippen LogP contribution in [0.2, 0.25) is 0 Å². The second kappa shape index (κ2) is 6.72. The highest BCUT2D eigenvalue weighted by Crippen LogP contribution is 2.22. The van der Waals surface area contributed by atoms with Crippen molar-refractivity contribution < 1.29 is 14.6 Å². The van der Waals surface area contributed by atoms with Crippen LogP contribution in [0.4, 0.5) is 10.5 Å². The predicted molar refractivity (Wildman–Crippen MR) is 77.9 cm³/mol. The molecule has 0 aliphatic carbocycles. The number of nitrogens with one attached hydrogen (secondary N) is 1. The van der Waals surface area contributed by atoms with Crippen molar-refractivity contribution >= 4 is 11.8 Å². The van der Waals surface area contributed by atoms with Gasteiger partial charge in [0, 0.05) is 24.4 Å². The zero-order valence-electron chi connectivity index (χ0n) is 12.0. The highest BCUT2D eigenvalue weighted by Gasteiger charge is 2.23. The number of hydrogen-bond donors (Lipinski definition) is 2. The van der Waals surface area contributed by atoms with E-state index in [9.17, 15) is 4.79 Å². The van der Waals surface area contributed by atoms with E-state index in [-0.39, 0.29) is 24.8 Å². The van der Waals surface area contributed by atoms with Crippen LogP contribution in [0.1, 0.15) is 31.9 Å². The van der Waals surface area contributed by atoms with Crippen LogP contribution in [0.25, 0.3) is 0 Å². The summed E-state index contributed by atoms with van der Waals surface area (Å²) in [5.41, 5.74) is 2.03. The number of carbonyl (C=O) groups is 1. The van der Waals surface area contributed by atoms with Gasteiger partial charge in [-0.05, 0) is 38.0 Å². The molecule has 1 aliphatic heterocycles. The van der Waals surface area contributed by atoms with Gasteiger partial charge in [0.15, 0.2) is 0 Å². The molecule has 0 spiro atoms. The summed E-state index contributed by atoms with van der Waals surface area (Å²) < 4.78 is 4.93. The molecule has 0 bridgehead atoms. The Labute approximate surface area is 119 Å². The van der Waals surface area contributed by atoms with Gasteiger partial charge in [0.1, 0.15) is 6.61 Å². The lowest BCUT2D eigenvalue weighted by Crippen LogP contribution is -2.29. The maximum atomic E-state index is 11.5. The van der Waals surface area contributed by atoms with Gasteiger partial charge in [-0.15, -0.1) is 0 Å². The summed E-state index contributed by atoms with van der Waals surface area (Å²) in [4.78, 5) is 13.1. The zero-order valence-corrected chi connectivity index (χ0v) is 12.0. The van der Waals surface area contributed by atoms with Crippen molar-refractivity contribution in [1.29, 1.82) is 0 Å². The average molecular weight is 278 g/mol. The fraction of sp³-hybridized carbons (Fsp3) is 0.533. The molecule has 0 saturated carbocycles. The summed E-state index contributed by atoms with van der Waals surface area (Å²) in [6.45, 7) is 5.40. The first-order valence-corrected chi connectivity index (χ1v) is 7.03. The quantitative estimate of drug-likeness (QED) is 0.836. The number of carbonyl (C=O) groups excluding carboxylic acids is 1. The third-order valence-electron chi connectivity index (χ3n) is 3.56. The molecule has 110 valence electrons. The summed E-state index contributed by atoms with van der Waals surface area (Å²) in [5.74, 6) is 0. The van der Waals surface area contributed by atoms with Crippen LogP contribution in [-0.4, -0.2) is 37.0 Å². The number of rotatable bonds is 6. The van der Waals surface area contributed by atoms with Crippen molar-refractivity contribution in [3.05, 3.63) is 29.8 Å². The van der Waals surface area contributed by atoms with Gasteiger partial charge in [0.2, 0.25) is 0 Å². The number of cyclic esters (lactones) is 1. The molecule has 5 heteroatoms. The van der Waals surface area contributed by atoms with Gasteiger partial charge in [-0.1, -0.05) is 12.1 Å². The Morgan fingerprint density at radius 1 is 1.35 bits per heavy atom. The van der Waals surface area contributed by atoms with Crippen LogP contribution >= 0.6 is 0 Å². The lowest BCUT2D eigenvalue weighted by molar-refractivity contribution is 0.181. The summed E-state index contributed by atoms with van der Waals surface area (Å²) in [7, 11) is 0. The largest absolute Gasteiger partial charge is 0.447 e. The molecule has 20 heavy (non-hydrogen) atoms. The lowest BCUT2D eigenvalue weighted by Gasteiger charge is -2.20. The standard InChI is InChI=1S/C15H22N2O3/c1-11(7-9-18)16-12(2)13-3-5-14(6-4-13)17-8-10-20-15(17)19/h3-6,11-12,16,18H,7-10H2,1-2H3. The fourth-order valence-corrected chi connectivity index (χ4v) is 2.37. The summed E-state index contributed by atoms with van der Waals surface area (Å²) >= 11 is 0. The van der Waals surface area contributed by atoms with Crippen LogP contribution in [0.15, 0.2) is 24.3 Å². The minimum atomic E-state index is -0.277.